The third-order valence-corrected chi connectivity index (χ3v) is 6.19. The molecule has 1 aromatic heterocycles. The molecule has 1 heterocycles. The van der Waals surface area contributed by atoms with E-state index in [0.717, 1.165) is 46.6 Å². The van der Waals surface area contributed by atoms with Crippen LogP contribution in [0.1, 0.15) is 35.2 Å². The average molecular weight is 381 g/mol. The molecule has 1 fully saturated rings. The van der Waals surface area contributed by atoms with E-state index < -0.39 is 0 Å². The highest BCUT2D eigenvalue weighted by molar-refractivity contribution is 7.98. The number of nitrogens with one attached hydrogen (secondary N) is 2. The number of nitrogens with two attached hydrogens (primary N) is 1. The number of fused-ring (bicyclic) bond motifs is 1. The Bertz CT molecular complexity index is 906. The zero-order chi connectivity index (χ0) is 18.6. The maximum Gasteiger partial charge on any atom is 0.251 e. The van der Waals surface area contributed by atoms with Crippen LogP contribution in [0.3, 0.4) is 0 Å². The maximum atomic E-state index is 12.9. The van der Waals surface area contributed by atoms with Crippen molar-refractivity contribution in [2.24, 2.45) is 11.7 Å². The van der Waals surface area contributed by atoms with Gasteiger partial charge in [-0.2, -0.15) is 0 Å². The molecule has 2 unspecified atom stereocenters. The van der Waals surface area contributed by atoms with Crippen molar-refractivity contribution in [3.63, 3.8) is 0 Å². The normalized spacial score (nSPS) is 19.4. The van der Waals surface area contributed by atoms with E-state index in [1.54, 1.807) is 11.8 Å². The monoisotopic (exact) mass is 380 g/mol. The molecule has 0 bridgehead atoms. The van der Waals surface area contributed by atoms with Crippen molar-refractivity contribution in [1.82, 2.24) is 15.3 Å². The fourth-order valence-corrected chi connectivity index (χ4v) is 4.66. The second-order valence-corrected chi connectivity index (χ2v) is 7.98. The number of para-hydroxylation sites is 2. The van der Waals surface area contributed by atoms with E-state index in [0.29, 0.717) is 18.2 Å². The molecule has 2 aromatic carbocycles. The van der Waals surface area contributed by atoms with Gasteiger partial charge in [-0.25, -0.2) is 4.98 Å². The summed E-state index contributed by atoms with van der Waals surface area (Å²) in [5.74, 6) is 1.08. The summed E-state index contributed by atoms with van der Waals surface area (Å²) in [6, 6.07) is 16.0. The van der Waals surface area contributed by atoms with E-state index in [9.17, 15) is 4.79 Å². The van der Waals surface area contributed by atoms with E-state index in [1.807, 2.05) is 48.5 Å². The number of carbonyl (C=O) groups is 1. The molecule has 1 amide bonds. The standard InChI is InChI=1S/C21H24N4OS/c22-12-14-7-5-11-17(14)23-20(26)16-8-2-1-6-15(16)13-27-21-24-18-9-3-4-10-19(18)25-21/h1-4,6,8-10,14,17H,5,7,11-13,22H2,(H,23,26)(H,24,25). The number of carbonyl (C=O) groups excluding carboxylic acids is 1. The zero-order valence-corrected chi connectivity index (χ0v) is 16.0. The molecular formula is C21H24N4OS. The van der Waals surface area contributed by atoms with E-state index in [4.69, 9.17) is 5.73 Å². The van der Waals surface area contributed by atoms with Crippen LogP contribution in [0.5, 0.6) is 0 Å². The fraction of sp³-hybridized carbons (Fsp3) is 0.333. The van der Waals surface area contributed by atoms with Gasteiger partial charge in [0.15, 0.2) is 5.16 Å². The maximum absolute atomic E-state index is 12.9. The Hall–Kier alpha value is -2.31. The number of rotatable bonds is 6. The van der Waals surface area contributed by atoms with Crippen molar-refractivity contribution in [3.8, 4) is 0 Å². The molecule has 0 aliphatic heterocycles. The van der Waals surface area contributed by atoms with Gasteiger partial charge in [0.25, 0.3) is 5.91 Å². The molecule has 1 aliphatic rings. The number of hydrogen-bond donors (Lipinski definition) is 3. The number of nitrogens with zero attached hydrogens (tertiary/aromatic N) is 1. The molecule has 1 aliphatic carbocycles. The first kappa shape index (κ1) is 18.1. The largest absolute Gasteiger partial charge is 0.349 e. The highest BCUT2D eigenvalue weighted by Gasteiger charge is 2.28. The van der Waals surface area contributed by atoms with E-state index >= 15 is 0 Å². The van der Waals surface area contributed by atoms with Gasteiger partial charge in [0.1, 0.15) is 0 Å². The molecule has 2 atom stereocenters. The Labute approximate surface area is 163 Å². The molecule has 6 heteroatoms. The van der Waals surface area contributed by atoms with Gasteiger partial charge in [0, 0.05) is 17.4 Å². The Balaban J connectivity index is 1.46. The van der Waals surface area contributed by atoms with Crippen molar-refractivity contribution in [2.45, 2.75) is 36.2 Å². The lowest BCUT2D eigenvalue weighted by Crippen LogP contribution is -2.40. The number of hydrogen-bond acceptors (Lipinski definition) is 4. The fourth-order valence-electron chi connectivity index (χ4n) is 3.77. The van der Waals surface area contributed by atoms with Crippen LogP contribution < -0.4 is 11.1 Å². The smallest absolute Gasteiger partial charge is 0.251 e. The Morgan fingerprint density at radius 2 is 2.00 bits per heavy atom. The van der Waals surface area contributed by atoms with Crippen molar-refractivity contribution in [2.75, 3.05) is 6.54 Å². The number of benzene rings is 2. The first-order valence-electron chi connectivity index (χ1n) is 9.41. The molecule has 4 rings (SSSR count). The minimum absolute atomic E-state index is 0.00107. The van der Waals surface area contributed by atoms with Gasteiger partial charge in [-0.3, -0.25) is 4.79 Å². The van der Waals surface area contributed by atoms with Crippen LogP contribution in [-0.2, 0) is 5.75 Å². The van der Waals surface area contributed by atoms with Gasteiger partial charge in [-0.1, -0.05) is 48.5 Å². The summed E-state index contributed by atoms with van der Waals surface area (Å²) in [5.41, 5.74) is 9.59. The minimum atomic E-state index is 0.00107. The van der Waals surface area contributed by atoms with Gasteiger partial charge in [-0.05, 0) is 49.1 Å². The molecule has 5 nitrogen and oxygen atoms in total. The van der Waals surface area contributed by atoms with Gasteiger partial charge in [-0.15, -0.1) is 0 Å². The SMILES string of the molecule is NCC1CCCC1NC(=O)c1ccccc1CSc1nc2ccccc2[nH]1. The van der Waals surface area contributed by atoms with Crippen LogP contribution >= 0.6 is 11.8 Å². The van der Waals surface area contributed by atoms with Gasteiger partial charge >= 0.3 is 0 Å². The molecular weight excluding hydrogens is 356 g/mol. The number of aromatic nitrogens is 2. The number of amides is 1. The van der Waals surface area contributed by atoms with Crippen LogP contribution in [-0.4, -0.2) is 28.5 Å². The molecule has 140 valence electrons. The van der Waals surface area contributed by atoms with Crippen LogP contribution in [0.2, 0.25) is 0 Å². The van der Waals surface area contributed by atoms with E-state index in [1.165, 1.54) is 0 Å². The van der Waals surface area contributed by atoms with Crippen molar-refractivity contribution < 1.29 is 4.79 Å². The number of H-pyrrole nitrogens is 1. The first-order valence-corrected chi connectivity index (χ1v) is 10.4. The average Bonchev–Trinajstić information content (AvgIpc) is 3.32. The van der Waals surface area contributed by atoms with Crippen molar-refractivity contribution >= 4 is 28.7 Å². The van der Waals surface area contributed by atoms with Crippen molar-refractivity contribution in [3.05, 3.63) is 59.7 Å². The number of imidazole rings is 1. The molecule has 27 heavy (non-hydrogen) atoms. The molecule has 0 radical (unpaired) electrons. The summed E-state index contributed by atoms with van der Waals surface area (Å²) in [6.07, 6.45) is 3.25. The molecule has 0 saturated heterocycles. The van der Waals surface area contributed by atoms with E-state index in [2.05, 4.69) is 15.3 Å². The summed E-state index contributed by atoms with van der Waals surface area (Å²) < 4.78 is 0. The summed E-state index contributed by atoms with van der Waals surface area (Å²) >= 11 is 1.61. The minimum Gasteiger partial charge on any atom is -0.349 e. The summed E-state index contributed by atoms with van der Waals surface area (Å²) in [6.45, 7) is 0.633. The van der Waals surface area contributed by atoms with Crippen LogP contribution in [0.15, 0.2) is 53.7 Å². The quantitative estimate of drug-likeness (QED) is 0.569. The highest BCUT2D eigenvalue weighted by atomic mass is 32.2. The second kappa shape index (κ2) is 8.15. The lowest BCUT2D eigenvalue weighted by Gasteiger charge is -2.20. The number of aromatic amines is 1. The lowest BCUT2D eigenvalue weighted by atomic mass is 10.0. The molecule has 3 aromatic rings. The highest BCUT2D eigenvalue weighted by Crippen LogP contribution is 2.27. The Morgan fingerprint density at radius 1 is 1.19 bits per heavy atom. The second-order valence-electron chi connectivity index (χ2n) is 7.01. The van der Waals surface area contributed by atoms with Crippen molar-refractivity contribution in [1.29, 1.82) is 0 Å². The summed E-state index contributed by atoms with van der Waals surface area (Å²) in [4.78, 5) is 20.8. The van der Waals surface area contributed by atoms with Gasteiger partial charge in [0.2, 0.25) is 0 Å². The zero-order valence-electron chi connectivity index (χ0n) is 15.2. The molecule has 0 spiro atoms. The summed E-state index contributed by atoms with van der Waals surface area (Å²) in [7, 11) is 0. The Morgan fingerprint density at radius 3 is 2.85 bits per heavy atom. The third kappa shape index (κ3) is 4.01. The van der Waals surface area contributed by atoms with Gasteiger partial charge in [0.05, 0.1) is 11.0 Å². The first-order chi connectivity index (χ1) is 13.2. The van der Waals surface area contributed by atoms with Crippen LogP contribution in [0.4, 0.5) is 0 Å². The lowest BCUT2D eigenvalue weighted by molar-refractivity contribution is 0.0928. The van der Waals surface area contributed by atoms with Gasteiger partial charge < -0.3 is 16.0 Å². The topological polar surface area (TPSA) is 83.8 Å². The van der Waals surface area contributed by atoms with Crippen LogP contribution in [0.25, 0.3) is 11.0 Å². The molecule has 1 saturated carbocycles. The number of thioether (sulfide) groups is 1. The van der Waals surface area contributed by atoms with Crippen LogP contribution in [0, 0.1) is 5.92 Å². The van der Waals surface area contributed by atoms with E-state index in [-0.39, 0.29) is 11.9 Å². The predicted molar refractivity (Wildman–Crippen MR) is 110 cm³/mol. The predicted octanol–water partition coefficient (Wildman–Crippen LogP) is 3.71. The Kier molecular flexibility index (Phi) is 5.45. The third-order valence-electron chi connectivity index (χ3n) is 5.27. The molecule has 4 N–H and O–H groups in total. The summed E-state index contributed by atoms with van der Waals surface area (Å²) in [5, 5.41) is 4.07.